The quantitative estimate of drug-likeness (QED) is 0.837. The Morgan fingerprint density at radius 1 is 0.931 bits per heavy atom. The number of carbonyl (C=O) groups is 1. The van der Waals surface area contributed by atoms with Crippen molar-refractivity contribution in [2.24, 2.45) is 5.92 Å². The highest BCUT2D eigenvalue weighted by atomic mass is 16.1. The number of benzene rings is 1. The van der Waals surface area contributed by atoms with Gasteiger partial charge >= 0.3 is 0 Å². The fraction of sp³-hybridized carbons (Fsp3) is 0.522. The van der Waals surface area contributed by atoms with E-state index in [4.69, 9.17) is 0 Å². The third-order valence-corrected chi connectivity index (χ3v) is 6.09. The van der Waals surface area contributed by atoms with Crippen molar-refractivity contribution in [1.82, 2.24) is 9.97 Å². The minimum atomic E-state index is -0.192. The molecule has 0 unspecified atom stereocenters. The molecule has 4 rings (SSSR count). The van der Waals surface area contributed by atoms with Gasteiger partial charge in [-0.25, -0.2) is 9.97 Å². The zero-order valence-electron chi connectivity index (χ0n) is 17.3. The minimum Gasteiger partial charge on any atom is -0.372 e. The number of nitrogens with one attached hydrogen (secondary N) is 1. The lowest BCUT2D eigenvalue weighted by molar-refractivity contribution is 0.102. The van der Waals surface area contributed by atoms with E-state index in [0.29, 0.717) is 5.69 Å². The number of carbonyl (C=O) groups excluding carboxylic acids is 1. The number of hydrogen-bond donors (Lipinski definition) is 1. The average Bonchev–Trinajstić information content (AvgIpc) is 3.05. The zero-order valence-corrected chi connectivity index (χ0v) is 17.3. The van der Waals surface area contributed by atoms with Gasteiger partial charge in [0.1, 0.15) is 17.8 Å². The predicted molar refractivity (Wildman–Crippen MR) is 118 cm³/mol. The van der Waals surface area contributed by atoms with Gasteiger partial charge in [0, 0.05) is 43.6 Å². The molecule has 0 radical (unpaired) electrons. The number of rotatable bonds is 4. The number of piperidine rings is 1. The van der Waals surface area contributed by atoms with E-state index in [1.54, 1.807) is 0 Å². The maximum absolute atomic E-state index is 12.7. The van der Waals surface area contributed by atoms with E-state index in [1.807, 2.05) is 18.2 Å². The standard InChI is InChI=1S/C23H31N5O/c1-18-10-14-27(15-11-18)20-8-6-19(7-9-20)26-23(29)21-16-22(25-17-24-21)28-12-4-2-3-5-13-28/h6-9,16-18H,2-5,10-15H2,1H3,(H,26,29). The lowest BCUT2D eigenvalue weighted by Crippen LogP contribution is -2.32. The van der Waals surface area contributed by atoms with E-state index >= 15 is 0 Å². The maximum Gasteiger partial charge on any atom is 0.274 e. The van der Waals surface area contributed by atoms with E-state index in [-0.39, 0.29) is 5.91 Å². The van der Waals surface area contributed by atoms with Crippen LogP contribution < -0.4 is 15.1 Å². The molecule has 1 aromatic carbocycles. The van der Waals surface area contributed by atoms with Crippen molar-refractivity contribution in [2.75, 3.05) is 41.3 Å². The highest BCUT2D eigenvalue weighted by molar-refractivity contribution is 6.03. The normalized spacial score (nSPS) is 18.4. The highest BCUT2D eigenvalue weighted by Crippen LogP contribution is 2.24. The first-order valence-electron chi connectivity index (χ1n) is 10.9. The molecule has 0 saturated carbocycles. The fourth-order valence-corrected chi connectivity index (χ4v) is 4.16. The molecule has 2 fully saturated rings. The van der Waals surface area contributed by atoms with Gasteiger partial charge in [-0.2, -0.15) is 0 Å². The Labute approximate surface area is 173 Å². The summed E-state index contributed by atoms with van der Waals surface area (Å²) in [7, 11) is 0. The van der Waals surface area contributed by atoms with Crippen molar-refractivity contribution in [3.63, 3.8) is 0 Å². The van der Waals surface area contributed by atoms with E-state index in [0.717, 1.165) is 43.6 Å². The molecule has 1 N–H and O–H groups in total. The summed E-state index contributed by atoms with van der Waals surface area (Å²) >= 11 is 0. The molecule has 0 bridgehead atoms. The van der Waals surface area contributed by atoms with Gasteiger partial charge in [-0.3, -0.25) is 4.79 Å². The van der Waals surface area contributed by atoms with Crippen molar-refractivity contribution in [3.05, 3.63) is 42.4 Å². The molecule has 1 amide bonds. The number of nitrogens with zero attached hydrogens (tertiary/aromatic N) is 4. The molecule has 1 aromatic heterocycles. The van der Waals surface area contributed by atoms with Crippen LogP contribution in [0.25, 0.3) is 0 Å². The Morgan fingerprint density at radius 2 is 1.62 bits per heavy atom. The Balaban J connectivity index is 1.39. The van der Waals surface area contributed by atoms with Gasteiger partial charge in [-0.1, -0.05) is 19.8 Å². The predicted octanol–water partition coefficient (Wildman–Crippen LogP) is 4.35. The summed E-state index contributed by atoms with van der Waals surface area (Å²) in [5.41, 5.74) is 2.42. The molecule has 29 heavy (non-hydrogen) atoms. The number of aromatic nitrogens is 2. The SMILES string of the molecule is CC1CCN(c2ccc(NC(=O)c3cc(N4CCCCCC4)ncn3)cc2)CC1. The van der Waals surface area contributed by atoms with E-state index in [9.17, 15) is 4.79 Å². The minimum absolute atomic E-state index is 0.192. The van der Waals surface area contributed by atoms with Crippen LogP contribution in [0.1, 0.15) is 55.9 Å². The average molecular weight is 394 g/mol. The second kappa shape index (κ2) is 9.25. The van der Waals surface area contributed by atoms with Gasteiger partial charge in [0.05, 0.1) is 0 Å². The molecule has 2 aliphatic heterocycles. The van der Waals surface area contributed by atoms with Crippen LogP contribution in [0.15, 0.2) is 36.7 Å². The van der Waals surface area contributed by atoms with Gasteiger partial charge in [0.15, 0.2) is 0 Å². The van der Waals surface area contributed by atoms with Crippen LogP contribution in [0.2, 0.25) is 0 Å². The molecule has 154 valence electrons. The molecular weight excluding hydrogens is 362 g/mol. The number of hydrogen-bond acceptors (Lipinski definition) is 5. The molecule has 2 saturated heterocycles. The largest absolute Gasteiger partial charge is 0.372 e. The van der Waals surface area contributed by atoms with Gasteiger partial charge in [-0.05, 0) is 55.9 Å². The molecule has 3 heterocycles. The summed E-state index contributed by atoms with van der Waals surface area (Å²) in [6.07, 6.45) is 8.86. The summed E-state index contributed by atoms with van der Waals surface area (Å²) < 4.78 is 0. The first-order chi connectivity index (χ1) is 14.2. The Hall–Kier alpha value is -2.63. The van der Waals surface area contributed by atoms with Crippen molar-refractivity contribution in [1.29, 1.82) is 0 Å². The molecule has 0 aliphatic carbocycles. The van der Waals surface area contributed by atoms with Crippen LogP contribution in [-0.4, -0.2) is 42.1 Å². The summed E-state index contributed by atoms with van der Waals surface area (Å²) in [5.74, 6) is 1.47. The smallest absolute Gasteiger partial charge is 0.274 e. The fourth-order valence-electron chi connectivity index (χ4n) is 4.16. The van der Waals surface area contributed by atoms with Gasteiger partial charge in [0.25, 0.3) is 5.91 Å². The van der Waals surface area contributed by atoms with Crippen LogP contribution in [0, 0.1) is 5.92 Å². The van der Waals surface area contributed by atoms with Crippen molar-refractivity contribution >= 4 is 23.1 Å². The first kappa shape index (κ1) is 19.7. The Kier molecular flexibility index (Phi) is 6.27. The number of anilines is 3. The van der Waals surface area contributed by atoms with Crippen LogP contribution >= 0.6 is 0 Å². The summed E-state index contributed by atoms with van der Waals surface area (Å²) in [6.45, 7) is 6.52. The van der Waals surface area contributed by atoms with Crippen molar-refractivity contribution in [3.8, 4) is 0 Å². The lowest BCUT2D eigenvalue weighted by atomic mass is 9.99. The second-order valence-electron chi connectivity index (χ2n) is 8.33. The van der Waals surface area contributed by atoms with Gasteiger partial charge in [-0.15, -0.1) is 0 Å². The third-order valence-electron chi connectivity index (χ3n) is 6.09. The van der Waals surface area contributed by atoms with Crippen LogP contribution in [0.5, 0.6) is 0 Å². The molecule has 2 aromatic rings. The lowest BCUT2D eigenvalue weighted by Gasteiger charge is -2.32. The first-order valence-corrected chi connectivity index (χ1v) is 10.9. The van der Waals surface area contributed by atoms with Crippen LogP contribution in [-0.2, 0) is 0 Å². The van der Waals surface area contributed by atoms with E-state index in [1.165, 1.54) is 50.5 Å². The Morgan fingerprint density at radius 3 is 2.31 bits per heavy atom. The molecule has 0 spiro atoms. The topological polar surface area (TPSA) is 61.4 Å². The molecule has 6 nitrogen and oxygen atoms in total. The summed E-state index contributed by atoms with van der Waals surface area (Å²) in [4.78, 5) is 26.0. The second-order valence-corrected chi connectivity index (χ2v) is 8.33. The van der Waals surface area contributed by atoms with Crippen LogP contribution in [0.4, 0.5) is 17.2 Å². The summed E-state index contributed by atoms with van der Waals surface area (Å²) in [5, 5.41) is 2.97. The maximum atomic E-state index is 12.7. The van der Waals surface area contributed by atoms with Crippen molar-refractivity contribution in [2.45, 2.75) is 45.4 Å². The summed E-state index contributed by atoms with van der Waals surface area (Å²) in [6, 6.07) is 9.94. The Bertz CT molecular complexity index is 806. The molecule has 6 heteroatoms. The van der Waals surface area contributed by atoms with Crippen molar-refractivity contribution < 1.29 is 4.79 Å². The molecule has 2 aliphatic rings. The van der Waals surface area contributed by atoms with E-state index in [2.05, 4.69) is 44.1 Å². The number of amides is 1. The van der Waals surface area contributed by atoms with Gasteiger partial charge in [0.2, 0.25) is 0 Å². The van der Waals surface area contributed by atoms with Gasteiger partial charge < -0.3 is 15.1 Å². The molecule has 0 atom stereocenters. The third kappa shape index (κ3) is 5.05. The zero-order chi connectivity index (χ0) is 20.1. The van der Waals surface area contributed by atoms with Crippen LogP contribution in [0.3, 0.4) is 0 Å². The van der Waals surface area contributed by atoms with E-state index < -0.39 is 0 Å². The monoisotopic (exact) mass is 393 g/mol. The molecular formula is C23H31N5O. The highest BCUT2D eigenvalue weighted by Gasteiger charge is 2.17.